The van der Waals surface area contributed by atoms with E-state index in [1.165, 1.54) is 12.5 Å². The van der Waals surface area contributed by atoms with Crippen LogP contribution in [0.5, 0.6) is 0 Å². The van der Waals surface area contributed by atoms with Gasteiger partial charge in [0.15, 0.2) is 0 Å². The van der Waals surface area contributed by atoms with Gasteiger partial charge in [0, 0.05) is 39.2 Å². The SMILES string of the molecule is C[C@@H]1CN(C(=O)CCN(C[C@@H]2CCCO2)C(=O)c2ccoc2)C[C@H](C)O1. The molecule has 0 spiro atoms. The highest BCUT2D eigenvalue weighted by molar-refractivity contribution is 5.94. The molecule has 2 amide bonds. The summed E-state index contributed by atoms with van der Waals surface area (Å²) in [4.78, 5) is 28.9. The molecule has 2 aliphatic heterocycles. The second-order valence-corrected chi connectivity index (χ2v) is 7.20. The van der Waals surface area contributed by atoms with Crippen molar-refractivity contribution in [1.82, 2.24) is 9.80 Å². The summed E-state index contributed by atoms with van der Waals surface area (Å²) in [5.74, 6) is -0.0601. The number of hydrogen-bond acceptors (Lipinski definition) is 5. The topological polar surface area (TPSA) is 72.2 Å². The van der Waals surface area contributed by atoms with E-state index >= 15 is 0 Å². The average molecular weight is 364 g/mol. The Morgan fingerprint density at radius 3 is 2.65 bits per heavy atom. The van der Waals surface area contributed by atoms with E-state index < -0.39 is 0 Å². The molecule has 0 N–H and O–H groups in total. The first-order valence-electron chi connectivity index (χ1n) is 9.39. The minimum Gasteiger partial charge on any atom is -0.472 e. The number of morpholine rings is 1. The molecule has 0 unspecified atom stereocenters. The summed E-state index contributed by atoms with van der Waals surface area (Å²) in [5, 5.41) is 0. The molecule has 0 aromatic carbocycles. The maximum Gasteiger partial charge on any atom is 0.257 e. The summed E-state index contributed by atoms with van der Waals surface area (Å²) in [7, 11) is 0. The van der Waals surface area contributed by atoms with Crippen molar-refractivity contribution in [3.63, 3.8) is 0 Å². The van der Waals surface area contributed by atoms with Gasteiger partial charge in [-0.3, -0.25) is 9.59 Å². The summed E-state index contributed by atoms with van der Waals surface area (Å²) in [6.07, 6.45) is 5.32. The van der Waals surface area contributed by atoms with Crippen LogP contribution in [-0.4, -0.2) is 72.7 Å². The molecule has 7 nitrogen and oxygen atoms in total. The maximum absolute atomic E-state index is 12.8. The van der Waals surface area contributed by atoms with Gasteiger partial charge in [0.05, 0.1) is 30.1 Å². The van der Waals surface area contributed by atoms with Crippen LogP contribution in [0.4, 0.5) is 0 Å². The second-order valence-electron chi connectivity index (χ2n) is 7.20. The van der Waals surface area contributed by atoms with Crippen LogP contribution in [0.2, 0.25) is 0 Å². The van der Waals surface area contributed by atoms with Crippen LogP contribution in [0, 0.1) is 0 Å². The number of rotatable bonds is 6. The average Bonchev–Trinajstić information content (AvgIpc) is 3.30. The lowest BCUT2D eigenvalue weighted by Crippen LogP contribution is -2.49. The number of furan rings is 1. The van der Waals surface area contributed by atoms with Crippen LogP contribution in [0.15, 0.2) is 23.0 Å². The summed E-state index contributed by atoms with van der Waals surface area (Å²) < 4.78 is 16.4. The van der Waals surface area contributed by atoms with Crippen molar-refractivity contribution in [2.75, 3.05) is 32.8 Å². The smallest absolute Gasteiger partial charge is 0.257 e. The predicted octanol–water partition coefficient (Wildman–Crippen LogP) is 1.93. The third-order valence-corrected chi connectivity index (χ3v) is 4.87. The van der Waals surface area contributed by atoms with E-state index in [1.807, 2.05) is 18.7 Å². The molecule has 2 fully saturated rings. The Kier molecular flexibility index (Phi) is 6.32. The molecule has 0 radical (unpaired) electrons. The van der Waals surface area contributed by atoms with Crippen molar-refractivity contribution in [3.05, 3.63) is 24.2 Å². The van der Waals surface area contributed by atoms with Gasteiger partial charge < -0.3 is 23.7 Å². The van der Waals surface area contributed by atoms with Gasteiger partial charge in [-0.1, -0.05) is 0 Å². The summed E-state index contributed by atoms with van der Waals surface area (Å²) >= 11 is 0. The van der Waals surface area contributed by atoms with Crippen molar-refractivity contribution >= 4 is 11.8 Å². The van der Waals surface area contributed by atoms with Gasteiger partial charge in [0.2, 0.25) is 5.91 Å². The minimum atomic E-state index is -0.120. The number of hydrogen-bond donors (Lipinski definition) is 0. The minimum absolute atomic E-state index is 0.0401. The van der Waals surface area contributed by atoms with E-state index in [0.29, 0.717) is 38.2 Å². The molecule has 0 bridgehead atoms. The number of nitrogens with zero attached hydrogens (tertiary/aromatic N) is 2. The van der Waals surface area contributed by atoms with E-state index in [0.717, 1.165) is 19.4 Å². The third-order valence-electron chi connectivity index (χ3n) is 4.87. The molecule has 3 rings (SSSR count). The Bertz CT molecular complexity index is 587. The van der Waals surface area contributed by atoms with Crippen molar-refractivity contribution < 1.29 is 23.5 Å². The fourth-order valence-electron chi connectivity index (χ4n) is 3.65. The summed E-state index contributed by atoms with van der Waals surface area (Å²) in [6.45, 7) is 6.77. The zero-order valence-electron chi connectivity index (χ0n) is 15.6. The maximum atomic E-state index is 12.8. The molecule has 1 aromatic rings. The molecule has 3 atom stereocenters. The molecule has 2 aliphatic rings. The molecule has 0 aliphatic carbocycles. The Hall–Kier alpha value is -1.86. The van der Waals surface area contributed by atoms with E-state index in [1.54, 1.807) is 11.0 Å². The zero-order chi connectivity index (χ0) is 18.5. The van der Waals surface area contributed by atoms with Crippen LogP contribution in [-0.2, 0) is 14.3 Å². The second kappa shape index (κ2) is 8.68. The molecular formula is C19H28N2O5. The molecule has 2 saturated heterocycles. The van der Waals surface area contributed by atoms with Gasteiger partial charge >= 0.3 is 0 Å². The van der Waals surface area contributed by atoms with Crippen molar-refractivity contribution in [2.24, 2.45) is 0 Å². The van der Waals surface area contributed by atoms with Gasteiger partial charge in [-0.25, -0.2) is 0 Å². The molecule has 1 aromatic heterocycles. The highest BCUT2D eigenvalue weighted by Gasteiger charge is 2.28. The van der Waals surface area contributed by atoms with E-state index in [4.69, 9.17) is 13.9 Å². The molecule has 144 valence electrons. The summed E-state index contributed by atoms with van der Waals surface area (Å²) in [5.41, 5.74) is 0.504. The lowest BCUT2D eigenvalue weighted by molar-refractivity contribution is -0.143. The first kappa shape index (κ1) is 18.9. The Morgan fingerprint density at radius 2 is 2.04 bits per heavy atom. The molecule has 26 heavy (non-hydrogen) atoms. The van der Waals surface area contributed by atoms with Crippen LogP contribution in [0.25, 0.3) is 0 Å². The third kappa shape index (κ3) is 4.86. The van der Waals surface area contributed by atoms with Crippen molar-refractivity contribution in [2.45, 2.75) is 51.4 Å². The quantitative estimate of drug-likeness (QED) is 0.771. The number of carbonyl (C=O) groups is 2. The fourth-order valence-corrected chi connectivity index (χ4v) is 3.65. The van der Waals surface area contributed by atoms with Crippen LogP contribution >= 0.6 is 0 Å². The van der Waals surface area contributed by atoms with Gasteiger partial charge in [-0.15, -0.1) is 0 Å². The van der Waals surface area contributed by atoms with E-state index in [-0.39, 0.29) is 30.1 Å². The van der Waals surface area contributed by atoms with Crippen LogP contribution < -0.4 is 0 Å². The fraction of sp³-hybridized carbons (Fsp3) is 0.684. The summed E-state index contributed by atoms with van der Waals surface area (Å²) in [6, 6.07) is 1.65. The lowest BCUT2D eigenvalue weighted by atomic mass is 10.2. The van der Waals surface area contributed by atoms with Gasteiger partial charge in [0.25, 0.3) is 5.91 Å². The van der Waals surface area contributed by atoms with Crippen LogP contribution in [0.3, 0.4) is 0 Å². The van der Waals surface area contributed by atoms with Crippen molar-refractivity contribution in [1.29, 1.82) is 0 Å². The molecule has 7 heteroatoms. The Morgan fingerprint density at radius 1 is 1.27 bits per heavy atom. The van der Waals surface area contributed by atoms with Gasteiger partial charge in [0.1, 0.15) is 6.26 Å². The van der Waals surface area contributed by atoms with E-state index in [2.05, 4.69) is 0 Å². The highest BCUT2D eigenvalue weighted by atomic mass is 16.5. The van der Waals surface area contributed by atoms with Crippen LogP contribution in [0.1, 0.15) is 43.5 Å². The van der Waals surface area contributed by atoms with Gasteiger partial charge in [-0.05, 0) is 32.8 Å². The molecular weight excluding hydrogens is 336 g/mol. The number of carbonyl (C=O) groups excluding carboxylic acids is 2. The normalized spacial score (nSPS) is 26.1. The van der Waals surface area contributed by atoms with Gasteiger partial charge in [-0.2, -0.15) is 0 Å². The monoisotopic (exact) mass is 364 g/mol. The molecule has 3 heterocycles. The molecule has 0 saturated carbocycles. The van der Waals surface area contributed by atoms with Crippen molar-refractivity contribution in [3.8, 4) is 0 Å². The van der Waals surface area contributed by atoms with E-state index in [9.17, 15) is 9.59 Å². The standard InChI is InChI=1S/C19H28N2O5/c1-14-10-21(11-15(2)26-14)18(22)5-7-20(12-17-4-3-8-25-17)19(23)16-6-9-24-13-16/h6,9,13-15,17H,3-5,7-8,10-12H2,1-2H3/t14-,15+,17-/m0/s1. The highest BCUT2D eigenvalue weighted by Crippen LogP contribution is 2.17. The predicted molar refractivity (Wildman–Crippen MR) is 94.8 cm³/mol. The lowest BCUT2D eigenvalue weighted by Gasteiger charge is -2.36. The zero-order valence-corrected chi connectivity index (χ0v) is 15.6. The largest absolute Gasteiger partial charge is 0.472 e. The Labute approximate surface area is 154 Å². The number of amides is 2. The number of ether oxygens (including phenoxy) is 2. The first-order valence-corrected chi connectivity index (χ1v) is 9.39. The first-order chi connectivity index (χ1) is 12.5. The Balaban J connectivity index is 1.59.